The normalized spacial score (nSPS) is 22.5. The number of nitrogens with one attached hydrogen (secondary N) is 2. The van der Waals surface area contributed by atoms with E-state index in [0.29, 0.717) is 15.2 Å². The zero-order valence-electron chi connectivity index (χ0n) is 10.6. The fourth-order valence-electron chi connectivity index (χ4n) is 2.20. The minimum absolute atomic E-state index is 0. The van der Waals surface area contributed by atoms with Crippen molar-refractivity contribution in [3.8, 4) is 0 Å². The molecule has 1 aromatic carbocycles. The second kappa shape index (κ2) is 7.40. The lowest BCUT2D eigenvalue weighted by molar-refractivity contribution is 0.0924. The SMILES string of the molecule is CC1CC(NC(=O)c2ccc(F)cc2I)CCN1.Cl. The molecule has 3 nitrogen and oxygen atoms in total. The summed E-state index contributed by atoms with van der Waals surface area (Å²) in [7, 11) is 0. The van der Waals surface area contributed by atoms with Gasteiger partial charge in [-0.1, -0.05) is 0 Å². The van der Waals surface area contributed by atoms with Crippen molar-refractivity contribution in [2.45, 2.75) is 31.8 Å². The molecule has 0 radical (unpaired) electrons. The fraction of sp³-hybridized carbons (Fsp3) is 0.462. The van der Waals surface area contributed by atoms with Crippen LogP contribution in [0.1, 0.15) is 30.1 Å². The summed E-state index contributed by atoms with van der Waals surface area (Å²) < 4.78 is 13.6. The number of rotatable bonds is 2. The molecule has 1 saturated heterocycles. The number of amides is 1. The Morgan fingerprint density at radius 2 is 2.26 bits per heavy atom. The van der Waals surface area contributed by atoms with E-state index in [2.05, 4.69) is 17.6 Å². The molecule has 0 saturated carbocycles. The van der Waals surface area contributed by atoms with Crippen LogP contribution in [0.5, 0.6) is 0 Å². The molecular formula is C13H17ClFIN2O. The lowest BCUT2D eigenvalue weighted by atomic mass is 10.0. The van der Waals surface area contributed by atoms with Gasteiger partial charge in [0, 0.05) is 15.7 Å². The Bertz CT molecular complexity index is 458. The van der Waals surface area contributed by atoms with E-state index in [1.807, 2.05) is 22.6 Å². The first kappa shape index (κ1) is 16.7. The van der Waals surface area contributed by atoms with Gasteiger partial charge in [-0.3, -0.25) is 4.79 Å². The predicted octanol–water partition coefficient (Wildman–Crippen LogP) is 2.72. The van der Waals surface area contributed by atoms with E-state index in [9.17, 15) is 9.18 Å². The summed E-state index contributed by atoms with van der Waals surface area (Å²) in [6.45, 7) is 3.03. The highest BCUT2D eigenvalue weighted by Gasteiger charge is 2.21. The summed E-state index contributed by atoms with van der Waals surface area (Å²) in [4.78, 5) is 12.1. The molecule has 2 unspecified atom stereocenters. The van der Waals surface area contributed by atoms with Gasteiger partial charge in [0.1, 0.15) is 5.82 Å². The summed E-state index contributed by atoms with van der Waals surface area (Å²) in [6, 6.07) is 4.87. The standard InChI is InChI=1S/C13H16FIN2O.ClH/c1-8-6-10(4-5-16-8)17-13(18)11-3-2-9(14)7-12(11)15;/h2-3,7-8,10,16H,4-6H2,1H3,(H,17,18);1H. The average molecular weight is 399 g/mol. The summed E-state index contributed by atoms with van der Waals surface area (Å²) >= 11 is 1.99. The largest absolute Gasteiger partial charge is 0.349 e. The van der Waals surface area contributed by atoms with Gasteiger partial charge in [0.25, 0.3) is 5.91 Å². The molecule has 1 aliphatic heterocycles. The van der Waals surface area contributed by atoms with Gasteiger partial charge in [-0.25, -0.2) is 4.39 Å². The van der Waals surface area contributed by atoms with Crippen LogP contribution in [0, 0.1) is 9.39 Å². The molecule has 2 atom stereocenters. The van der Waals surface area contributed by atoms with Crippen LogP contribution < -0.4 is 10.6 Å². The van der Waals surface area contributed by atoms with E-state index in [1.165, 1.54) is 18.2 Å². The van der Waals surface area contributed by atoms with E-state index in [0.717, 1.165) is 19.4 Å². The first-order valence-electron chi connectivity index (χ1n) is 6.05. The van der Waals surface area contributed by atoms with Crippen LogP contribution in [0.15, 0.2) is 18.2 Å². The van der Waals surface area contributed by atoms with Gasteiger partial charge in [0.15, 0.2) is 0 Å². The summed E-state index contributed by atoms with van der Waals surface area (Å²) in [5.41, 5.74) is 0.545. The van der Waals surface area contributed by atoms with Crippen molar-refractivity contribution in [1.29, 1.82) is 0 Å². The van der Waals surface area contributed by atoms with E-state index in [-0.39, 0.29) is 30.2 Å². The van der Waals surface area contributed by atoms with Gasteiger partial charge in [0.2, 0.25) is 0 Å². The topological polar surface area (TPSA) is 41.1 Å². The maximum Gasteiger partial charge on any atom is 0.252 e. The molecule has 2 rings (SSSR count). The number of benzene rings is 1. The van der Waals surface area contributed by atoms with Crippen LogP contribution in [0.25, 0.3) is 0 Å². The minimum Gasteiger partial charge on any atom is -0.349 e. The van der Waals surface area contributed by atoms with Crippen LogP contribution in [0.4, 0.5) is 4.39 Å². The fourth-order valence-corrected chi connectivity index (χ4v) is 2.92. The summed E-state index contributed by atoms with van der Waals surface area (Å²) in [6.07, 6.45) is 1.87. The zero-order chi connectivity index (χ0) is 13.1. The highest BCUT2D eigenvalue weighted by atomic mass is 127. The van der Waals surface area contributed by atoms with Crippen molar-refractivity contribution in [1.82, 2.24) is 10.6 Å². The lowest BCUT2D eigenvalue weighted by Crippen LogP contribution is -2.46. The van der Waals surface area contributed by atoms with Crippen LogP contribution >= 0.6 is 35.0 Å². The first-order chi connectivity index (χ1) is 8.56. The third-order valence-electron chi connectivity index (χ3n) is 3.13. The molecule has 1 fully saturated rings. The molecule has 19 heavy (non-hydrogen) atoms. The monoisotopic (exact) mass is 398 g/mol. The van der Waals surface area contributed by atoms with Crippen LogP contribution in [0.2, 0.25) is 0 Å². The number of hydrogen-bond donors (Lipinski definition) is 2. The predicted molar refractivity (Wildman–Crippen MR) is 84.3 cm³/mol. The van der Waals surface area contributed by atoms with Crippen molar-refractivity contribution >= 4 is 40.9 Å². The van der Waals surface area contributed by atoms with Crippen LogP contribution in [0.3, 0.4) is 0 Å². The Kier molecular flexibility index (Phi) is 6.49. The molecule has 1 aromatic rings. The van der Waals surface area contributed by atoms with Gasteiger partial charge >= 0.3 is 0 Å². The number of piperidine rings is 1. The highest BCUT2D eigenvalue weighted by Crippen LogP contribution is 2.15. The Morgan fingerprint density at radius 3 is 2.89 bits per heavy atom. The Morgan fingerprint density at radius 1 is 1.53 bits per heavy atom. The van der Waals surface area contributed by atoms with Crippen molar-refractivity contribution < 1.29 is 9.18 Å². The first-order valence-corrected chi connectivity index (χ1v) is 7.13. The summed E-state index contributed by atoms with van der Waals surface area (Å²) in [5, 5.41) is 6.36. The molecule has 0 spiro atoms. The quantitative estimate of drug-likeness (QED) is 0.752. The van der Waals surface area contributed by atoms with Crippen LogP contribution in [-0.2, 0) is 0 Å². The molecule has 0 aromatic heterocycles. The summed E-state index contributed by atoms with van der Waals surface area (Å²) in [5.74, 6) is -0.426. The third-order valence-corrected chi connectivity index (χ3v) is 4.03. The maximum atomic E-state index is 13.0. The van der Waals surface area contributed by atoms with Gasteiger partial charge in [-0.2, -0.15) is 0 Å². The van der Waals surface area contributed by atoms with Gasteiger partial charge in [0.05, 0.1) is 5.56 Å². The molecule has 1 aliphatic rings. The molecule has 0 aliphatic carbocycles. The highest BCUT2D eigenvalue weighted by molar-refractivity contribution is 14.1. The average Bonchev–Trinajstić information content (AvgIpc) is 2.28. The number of carbonyl (C=O) groups excluding carboxylic acids is 1. The molecule has 0 bridgehead atoms. The van der Waals surface area contributed by atoms with E-state index < -0.39 is 0 Å². The van der Waals surface area contributed by atoms with Crippen LogP contribution in [-0.4, -0.2) is 24.5 Å². The third kappa shape index (κ3) is 4.57. The molecule has 106 valence electrons. The minimum atomic E-state index is -0.313. The van der Waals surface area contributed by atoms with Gasteiger partial charge < -0.3 is 10.6 Å². The Balaban J connectivity index is 0.00000180. The van der Waals surface area contributed by atoms with E-state index in [1.54, 1.807) is 0 Å². The van der Waals surface area contributed by atoms with Crippen molar-refractivity contribution in [2.75, 3.05) is 6.54 Å². The Labute approximate surface area is 132 Å². The van der Waals surface area contributed by atoms with Gasteiger partial charge in [-0.05, 0) is 67.1 Å². The smallest absolute Gasteiger partial charge is 0.252 e. The molecule has 1 amide bonds. The Hall–Kier alpha value is -0.400. The number of hydrogen-bond acceptors (Lipinski definition) is 2. The van der Waals surface area contributed by atoms with E-state index >= 15 is 0 Å². The van der Waals surface area contributed by atoms with Crippen molar-refractivity contribution in [3.05, 3.63) is 33.1 Å². The number of carbonyl (C=O) groups is 1. The van der Waals surface area contributed by atoms with Crippen molar-refractivity contribution in [3.63, 3.8) is 0 Å². The van der Waals surface area contributed by atoms with Gasteiger partial charge in [-0.15, -0.1) is 12.4 Å². The molecular weight excluding hydrogens is 382 g/mol. The number of halogens is 3. The van der Waals surface area contributed by atoms with E-state index in [4.69, 9.17) is 0 Å². The van der Waals surface area contributed by atoms with Crippen molar-refractivity contribution in [2.24, 2.45) is 0 Å². The maximum absolute atomic E-state index is 13.0. The second-order valence-electron chi connectivity index (χ2n) is 4.67. The molecule has 6 heteroatoms. The lowest BCUT2D eigenvalue weighted by Gasteiger charge is -2.28. The molecule has 1 heterocycles. The molecule has 2 N–H and O–H groups in total. The second-order valence-corrected chi connectivity index (χ2v) is 5.84. The zero-order valence-corrected chi connectivity index (χ0v) is 13.6.